The Morgan fingerprint density at radius 1 is 1.15 bits per heavy atom. The lowest BCUT2D eigenvalue weighted by Gasteiger charge is -2.43. The van der Waals surface area contributed by atoms with E-state index in [1.807, 2.05) is 37.4 Å². The molecule has 3 aliphatic rings. The van der Waals surface area contributed by atoms with Gasteiger partial charge in [0, 0.05) is 55.3 Å². The number of amides is 2. The number of carbonyl (C=O) groups excluding carboxylic acids is 2. The highest BCUT2D eigenvalue weighted by atomic mass is 32.2. The molecule has 3 rings (SSSR count). The summed E-state index contributed by atoms with van der Waals surface area (Å²) in [6.45, 7) is 11.5. The number of hydrogen-bond acceptors (Lipinski definition) is 5. The summed E-state index contributed by atoms with van der Waals surface area (Å²) >= 11 is 1.99. The summed E-state index contributed by atoms with van der Waals surface area (Å²) in [6, 6.07) is 0. The van der Waals surface area contributed by atoms with Gasteiger partial charge >= 0.3 is 0 Å². The Balaban J connectivity index is 1.50. The number of nitrogens with zero attached hydrogens (tertiary/aromatic N) is 2. The van der Waals surface area contributed by atoms with Crippen molar-refractivity contribution in [3.8, 4) is 0 Å². The quantitative estimate of drug-likeness (QED) is 0.781. The van der Waals surface area contributed by atoms with Crippen LogP contribution in [0.2, 0.25) is 0 Å². The zero-order valence-corrected chi connectivity index (χ0v) is 17.9. The van der Waals surface area contributed by atoms with E-state index in [-0.39, 0.29) is 28.7 Å². The third-order valence-electron chi connectivity index (χ3n) is 6.15. The fourth-order valence-corrected chi connectivity index (χ4v) is 5.83. The molecule has 1 atom stereocenters. The molecule has 0 radical (unpaired) electrons. The second kappa shape index (κ2) is 8.70. The number of morpholine rings is 1. The summed E-state index contributed by atoms with van der Waals surface area (Å²) in [4.78, 5) is 29.7. The number of rotatable bonds is 4. The van der Waals surface area contributed by atoms with Crippen molar-refractivity contribution in [2.75, 3.05) is 57.4 Å². The molecule has 7 heteroatoms. The first kappa shape index (κ1) is 20.9. The largest absolute Gasteiger partial charge is 0.379 e. The van der Waals surface area contributed by atoms with Crippen LogP contribution in [0.1, 0.15) is 40.0 Å². The van der Waals surface area contributed by atoms with E-state index in [4.69, 9.17) is 4.74 Å². The smallest absolute Gasteiger partial charge is 0.227 e. The van der Waals surface area contributed by atoms with E-state index in [2.05, 4.69) is 10.2 Å². The predicted molar refractivity (Wildman–Crippen MR) is 109 cm³/mol. The molecule has 0 aliphatic carbocycles. The Kier molecular flexibility index (Phi) is 6.75. The number of thioether (sulfide) groups is 1. The SMILES string of the molecule is CC(C)(C)C(=O)N1CCC(C(=O)NCC2(N3CCOCC3)CCSC2)CC1. The van der Waals surface area contributed by atoms with Crippen LogP contribution in [-0.4, -0.2) is 84.6 Å². The molecule has 154 valence electrons. The maximum atomic E-state index is 12.8. The zero-order chi connectivity index (χ0) is 19.5. The highest BCUT2D eigenvalue weighted by molar-refractivity contribution is 7.99. The fourth-order valence-electron chi connectivity index (χ4n) is 4.35. The number of carbonyl (C=O) groups is 2. The van der Waals surface area contributed by atoms with Gasteiger partial charge in [-0.25, -0.2) is 0 Å². The van der Waals surface area contributed by atoms with Crippen LogP contribution >= 0.6 is 11.8 Å². The first-order chi connectivity index (χ1) is 12.8. The average molecular weight is 398 g/mol. The minimum Gasteiger partial charge on any atom is -0.379 e. The minimum absolute atomic E-state index is 0.0322. The molecule has 0 aromatic heterocycles. The molecule has 0 saturated carbocycles. The molecule has 1 N–H and O–H groups in total. The molecule has 0 spiro atoms. The van der Waals surface area contributed by atoms with Crippen molar-refractivity contribution in [2.45, 2.75) is 45.6 Å². The molecule has 1 unspecified atom stereocenters. The molecule has 2 amide bonds. The Hall–Kier alpha value is -0.790. The monoisotopic (exact) mass is 397 g/mol. The van der Waals surface area contributed by atoms with E-state index in [0.29, 0.717) is 13.1 Å². The lowest BCUT2D eigenvalue weighted by atomic mass is 9.90. The summed E-state index contributed by atoms with van der Waals surface area (Å²) < 4.78 is 5.51. The van der Waals surface area contributed by atoms with Crippen LogP contribution in [-0.2, 0) is 14.3 Å². The molecule has 0 aromatic carbocycles. The van der Waals surface area contributed by atoms with Crippen LogP contribution in [0.4, 0.5) is 0 Å². The normalized spacial score (nSPS) is 28.3. The summed E-state index contributed by atoms with van der Waals surface area (Å²) in [6.07, 6.45) is 2.68. The highest BCUT2D eigenvalue weighted by Gasteiger charge is 2.41. The Labute approximate surface area is 167 Å². The summed E-state index contributed by atoms with van der Waals surface area (Å²) in [5.41, 5.74) is -0.257. The van der Waals surface area contributed by atoms with E-state index in [1.165, 1.54) is 5.75 Å². The van der Waals surface area contributed by atoms with Gasteiger partial charge in [0.05, 0.1) is 13.2 Å². The molecule has 0 bridgehead atoms. The van der Waals surface area contributed by atoms with Gasteiger partial charge in [-0.3, -0.25) is 14.5 Å². The van der Waals surface area contributed by atoms with Crippen molar-refractivity contribution < 1.29 is 14.3 Å². The first-order valence-corrected chi connectivity index (χ1v) is 11.4. The average Bonchev–Trinajstić information content (AvgIpc) is 3.16. The Morgan fingerprint density at radius 3 is 2.37 bits per heavy atom. The van der Waals surface area contributed by atoms with Crippen molar-refractivity contribution in [3.05, 3.63) is 0 Å². The third kappa shape index (κ3) is 4.98. The van der Waals surface area contributed by atoms with E-state index in [0.717, 1.165) is 57.9 Å². The third-order valence-corrected chi connectivity index (χ3v) is 7.38. The van der Waals surface area contributed by atoms with E-state index < -0.39 is 0 Å². The summed E-state index contributed by atoms with van der Waals surface area (Å²) in [5, 5.41) is 3.27. The molecule has 3 fully saturated rings. The second-order valence-corrected chi connectivity index (χ2v) is 10.3. The van der Waals surface area contributed by atoms with Crippen molar-refractivity contribution in [3.63, 3.8) is 0 Å². The lowest BCUT2D eigenvalue weighted by molar-refractivity contribution is -0.142. The van der Waals surface area contributed by atoms with Gasteiger partial charge in [-0.05, 0) is 25.0 Å². The number of piperidine rings is 1. The fraction of sp³-hybridized carbons (Fsp3) is 0.900. The van der Waals surface area contributed by atoms with Gasteiger partial charge in [0.15, 0.2) is 0 Å². The minimum atomic E-state index is -0.347. The maximum absolute atomic E-state index is 12.8. The molecule has 3 heterocycles. The van der Waals surface area contributed by atoms with Gasteiger partial charge in [0.2, 0.25) is 11.8 Å². The van der Waals surface area contributed by atoms with E-state index in [1.54, 1.807) is 0 Å². The van der Waals surface area contributed by atoms with Gasteiger partial charge in [-0.1, -0.05) is 20.8 Å². The van der Waals surface area contributed by atoms with Gasteiger partial charge in [-0.2, -0.15) is 11.8 Å². The molecular weight excluding hydrogens is 362 g/mol. The van der Waals surface area contributed by atoms with Crippen LogP contribution in [0.15, 0.2) is 0 Å². The van der Waals surface area contributed by atoms with Gasteiger partial charge in [0.25, 0.3) is 0 Å². The maximum Gasteiger partial charge on any atom is 0.227 e. The van der Waals surface area contributed by atoms with Crippen LogP contribution in [0.25, 0.3) is 0 Å². The van der Waals surface area contributed by atoms with Crippen LogP contribution in [0, 0.1) is 11.3 Å². The van der Waals surface area contributed by atoms with Gasteiger partial charge in [-0.15, -0.1) is 0 Å². The zero-order valence-electron chi connectivity index (χ0n) is 17.1. The number of nitrogens with one attached hydrogen (secondary N) is 1. The Morgan fingerprint density at radius 2 is 1.81 bits per heavy atom. The van der Waals surface area contributed by atoms with Crippen molar-refractivity contribution in [1.29, 1.82) is 0 Å². The molecule has 27 heavy (non-hydrogen) atoms. The molecule has 3 aliphatic heterocycles. The number of ether oxygens (including phenoxy) is 1. The van der Waals surface area contributed by atoms with Crippen molar-refractivity contribution in [1.82, 2.24) is 15.1 Å². The van der Waals surface area contributed by atoms with Crippen molar-refractivity contribution >= 4 is 23.6 Å². The Bertz CT molecular complexity index is 529. The molecule has 3 saturated heterocycles. The molecule has 0 aromatic rings. The number of likely N-dealkylation sites (tertiary alicyclic amines) is 1. The first-order valence-electron chi connectivity index (χ1n) is 10.3. The summed E-state index contributed by atoms with van der Waals surface area (Å²) in [7, 11) is 0. The van der Waals surface area contributed by atoms with Gasteiger partial charge in [0.1, 0.15) is 0 Å². The van der Waals surface area contributed by atoms with Crippen LogP contribution < -0.4 is 5.32 Å². The molecule has 6 nitrogen and oxygen atoms in total. The molecular formula is C20H35N3O3S. The topological polar surface area (TPSA) is 61.9 Å². The predicted octanol–water partition coefficient (Wildman–Crippen LogP) is 1.60. The van der Waals surface area contributed by atoms with Crippen LogP contribution in [0.5, 0.6) is 0 Å². The van der Waals surface area contributed by atoms with E-state index >= 15 is 0 Å². The summed E-state index contributed by atoms with van der Waals surface area (Å²) in [5.74, 6) is 2.65. The van der Waals surface area contributed by atoms with Gasteiger partial charge < -0.3 is 15.0 Å². The van der Waals surface area contributed by atoms with E-state index in [9.17, 15) is 9.59 Å². The highest BCUT2D eigenvalue weighted by Crippen LogP contribution is 2.34. The van der Waals surface area contributed by atoms with Crippen LogP contribution in [0.3, 0.4) is 0 Å². The lowest BCUT2D eigenvalue weighted by Crippen LogP contribution is -2.59. The second-order valence-electron chi connectivity index (χ2n) is 9.16. The standard InChI is InChI=1S/C20H35N3O3S/c1-19(2,3)18(25)22-7-4-16(5-8-22)17(24)21-14-20(6-13-27-15-20)23-9-11-26-12-10-23/h16H,4-15H2,1-3H3,(H,21,24). The number of hydrogen-bond donors (Lipinski definition) is 1. The van der Waals surface area contributed by atoms with Crippen molar-refractivity contribution in [2.24, 2.45) is 11.3 Å².